The number of ketones is 1. The molecule has 1 aromatic carbocycles. The minimum atomic E-state index is -0.689. The van der Waals surface area contributed by atoms with Crippen LogP contribution in [0.15, 0.2) is 42.6 Å². The summed E-state index contributed by atoms with van der Waals surface area (Å²) in [6.45, 7) is 6.65. The van der Waals surface area contributed by atoms with Crippen LogP contribution in [0.2, 0.25) is 0 Å². The quantitative estimate of drug-likeness (QED) is 0.281. The molecule has 7 nitrogen and oxygen atoms in total. The number of benzene rings is 1. The topological polar surface area (TPSA) is 95.0 Å². The fraction of sp³-hybridized carbons (Fsp3) is 0.480. The number of Topliss-reactive ketones (excluding diaryl/α,β-unsaturated/α-hetero) is 1. The lowest BCUT2D eigenvalue weighted by Crippen LogP contribution is -2.32. The third kappa shape index (κ3) is 7.34. The van der Waals surface area contributed by atoms with Crippen LogP contribution in [-0.2, 0) is 20.7 Å². The van der Waals surface area contributed by atoms with Gasteiger partial charge in [0.25, 0.3) is 0 Å². The molecule has 0 aliphatic carbocycles. The summed E-state index contributed by atoms with van der Waals surface area (Å²) in [7, 11) is 1.39. The molecule has 0 radical (unpaired) electrons. The standard InChI is InChI=1S/C25H33NO6/c1-5-13-31-16-20(15-19-9-7-6-8-10-19)18(3)32-25(29)17(2)14-21(27)23-24(28)22(30-4)11-12-26-23/h6-12,17-18,20,28H,5,13-16H2,1-4H3/t17-,18+,20-/m1/s1. The third-order valence-electron chi connectivity index (χ3n) is 5.25. The molecule has 1 heterocycles. The highest BCUT2D eigenvalue weighted by atomic mass is 16.5. The van der Waals surface area contributed by atoms with Crippen LogP contribution in [0.25, 0.3) is 0 Å². The SMILES string of the molecule is CCCOC[C@@H](Cc1ccccc1)[C@H](C)OC(=O)[C@H](C)CC(=O)c1nccc(OC)c1O. The van der Waals surface area contributed by atoms with Crippen LogP contribution in [0.1, 0.15) is 49.7 Å². The van der Waals surface area contributed by atoms with Gasteiger partial charge >= 0.3 is 5.97 Å². The molecule has 0 bridgehead atoms. The molecule has 2 rings (SSSR count). The van der Waals surface area contributed by atoms with E-state index in [0.29, 0.717) is 19.6 Å². The molecule has 0 amide bonds. The number of esters is 1. The van der Waals surface area contributed by atoms with Gasteiger partial charge < -0.3 is 19.3 Å². The van der Waals surface area contributed by atoms with Gasteiger partial charge in [0.1, 0.15) is 6.10 Å². The predicted octanol–water partition coefficient (Wildman–Crippen LogP) is 4.22. The molecule has 32 heavy (non-hydrogen) atoms. The summed E-state index contributed by atoms with van der Waals surface area (Å²) in [4.78, 5) is 29.2. The molecule has 2 aromatic rings. The summed E-state index contributed by atoms with van der Waals surface area (Å²) >= 11 is 0. The summed E-state index contributed by atoms with van der Waals surface area (Å²) < 4.78 is 16.5. The zero-order valence-corrected chi connectivity index (χ0v) is 19.2. The monoisotopic (exact) mass is 443 g/mol. The number of pyridine rings is 1. The lowest BCUT2D eigenvalue weighted by atomic mass is 9.95. The van der Waals surface area contributed by atoms with Crippen molar-refractivity contribution in [1.82, 2.24) is 4.98 Å². The lowest BCUT2D eigenvalue weighted by molar-refractivity contribution is -0.156. The van der Waals surface area contributed by atoms with Crippen molar-refractivity contribution in [3.8, 4) is 11.5 Å². The van der Waals surface area contributed by atoms with E-state index in [2.05, 4.69) is 4.98 Å². The smallest absolute Gasteiger partial charge is 0.309 e. The van der Waals surface area contributed by atoms with Crippen LogP contribution < -0.4 is 4.74 Å². The third-order valence-corrected chi connectivity index (χ3v) is 5.25. The van der Waals surface area contributed by atoms with E-state index in [1.54, 1.807) is 6.92 Å². The summed E-state index contributed by atoms with van der Waals surface area (Å²) in [5, 5.41) is 10.1. The normalized spacial score (nSPS) is 13.8. The van der Waals surface area contributed by atoms with Crippen molar-refractivity contribution in [2.24, 2.45) is 11.8 Å². The number of hydrogen-bond acceptors (Lipinski definition) is 7. The minimum absolute atomic E-state index is 0.0140. The van der Waals surface area contributed by atoms with Gasteiger partial charge in [0.2, 0.25) is 0 Å². The van der Waals surface area contributed by atoms with E-state index in [9.17, 15) is 14.7 Å². The van der Waals surface area contributed by atoms with Gasteiger partial charge in [-0.25, -0.2) is 4.98 Å². The van der Waals surface area contributed by atoms with E-state index >= 15 is 0 Å². The minimum Gasteiger partial charge on any atom is -0.503 e. The molecule has 0 saturated heterocycles. The molecular weight excluding hydrogens is 410 g/mol. The van der Waals surface area contributed by atoms with E-state index in [4.69, 9.17) is 14.2 Å². The summed E-state index contributed by atoms with van der Waals surface area (Å²) in [6, 6.07) is 11.5. The Morgan fingerprint density at radius 1 is 1.12 bits per heavy atom. The lowest BCUT2D eigenvalue weighted by Gasteiger charge is -2.25. The van der Waals surface area contributed by atoms with E-state index < -0.39 is 17.7 Å². The fourth-order valence-corrected chi connectivity index (χ4v) is 3.32. The number of aromatic hydroxyl groups is 1. The maximum Gasteiger partial charge on any atom is 0.309 e. The first-order chi connectivity index (χ1) is 15.4. The average molecular weight is 444 g/mol. The number of carbonyl (C=O) groups excluding carboxylic acids is 2. The van der Waals surface area contributed by atoms with E-state index in [1.807, 2.05) is 44.2 Å². The Morgan fingerprint density at radius 2 is 1.84 bits per heavy atom. The van der Waals surface area contributed by atoms with Crippen molar-refractivity contribution < 1.29 is 28.9 Å². The van der Waals surface area contributed by atoms with E-state index in [1.165, 1.54) is 19.4 Å². The Bertz CT molecular complexity index is 870. The van der Waals surface area contributed by atoms with Crippen LogP contribution in [-0.4, -0.2) is 48.3 Å². The zero-order valence-electron chi connectivity index (χ0n) is 19.2. The van der Waals surface area contributed by atoms with Crippen LogP contribution in [0.5, 0.6) is 11.5 Å². The number of ether oxygens (including phenoxy) is 3. The van der Waals surface area contributed by atoms with Gasteiger partial charge in [0.05, 0.1) is 19.6 Å². The maximum absolute atomic E-state index is 12.7. The van der Waals surface area contributed by atoms with Gasteiger partial charge in [-0.2, -0.15) is 0 Å². The largest absolute Gasteiger partial charge is 0.503 e. The van der Waals surface area contributed by atoms with Crippen molar-refractivity contribution in [2.45, 2.75) is 46.1 Å². The number of aromatic nitrogens is 1. The molecule has 174 valence electrons. The van der Waals surface area contributed by atoms with Crippen LogP contribution in [0.3, 0.4) is 0 Å². The van der Waals surface area contributed by atoms with E-state index in [0.717, 1.165) is 12.0 Å². The highest BCUT2D eigenvalue weighted by Crippen LogP contribution is 2.29. The van der Waals surface area contributed by atoms with Crippen molar-refractivity contribution >= 4 is 11.8 Å². The van der Waals surface area contributed by atoms with Crippen LogP contribution in [0, 0.1) is 11.8 Å². The van der Waals surface area contributed by atoms with Gasteiger partial charge in [0.15, 0.2) is 23.0 Å². The number of hydrogen-bond donors (Lipinski definition) is 1. The van der Waals surface area contributed by atoms with Crippen molar-refractivity contribution in [2.75, 3.05) is 20.3 Å². The second-order valence-corrected chi connectivity index (χ2v) is 7.91. The van der Waals surface area contributed by atoms with Gasteiger partial charge in [-0.15, -0.1) is 0 Å². The van der Waals surface area contributed by atoms with Gasteiger partial charge in [-0.1, -0.05) is 44.2 Å². The molecule has 0 spiro atoms. The Morgan fingerprint density at radius 3 is 2.50 bits per heavy atom. The number of methoxy groups -OCH3 is 1. The molecule has 1 aromatic heterocycles. The van der Waals surface area contributed by atoms with E-state index in [-0.39, 0.29) is 35.6 Å². The maximum atomic E-state index is 12.7. The van der Waals surface area contributed by atoms with Crippen LogP contribution in [0.4, 0.5) is 0 Å². The predicted molar refractivity (Wildman–Crippen MR) is 121 cm³/mol. The highest BCUT2D eigenvalue weighted by molar-refractivity contribution is 5.99. The Labute approximate surface area is 189 Å². The molecule has 0 fully saturated rings. The molecule has 0 aliphatic heterocycles. The first-order valence-electron chi connectivity index (χ1n) is 10.9. The molecule has 0 aliphatic rings. The molecule has 1 N–H and O–H groups in total. The molecule has 7 heteroatoms. The number of carbonyl (C=O) groups is 2. The number of nitrogens with zero attached hydrogens (tertiary/aromatic N) is 1. The van der Waals surface area contributed by atoms with Gasteiger partial charge in [0, 0.05) is 31.2 Å². The molecule has 3 atom stereocenters. The molecular formula is C25H33NO6. The van der Waals surface area contributed by atoms with Crippen molar-refractivity contribution in [3.05, 3.63) is 53.9 Å². The summed E-state index contributed by atoms with van der Waals surface area (Å²) in [5.74, 6) is -1.80. The van der Waals surface area contributed by atoms with Crippen LogP contribution >= 0.6 is 0 Å². The van der Waals surface area contributed by atoms with Crippen molar-refractivity contribution in [1.29, 1.82) is 0 Å². The summed E-state index contributed by atoms with van der Waals surface area (Å²) in [5.41, 5.74) is 1.02. The second kappa shape index (κ2) is 12.8. The zero-order chi connectivity index (χ0) is 23.5. The summed E-state index contributed by atoms with van der Waals surface area (Å²) in [6.07, 6.45) is 2.49. The Kier molecular flexibility index (Phi) is 10.1. The van der Waals surface area contributed by atoms with Gasteiger partial charge in [-0.05, 0) is 25.3 Å². The average Bonchev–Trinajstić information content (AvgIpc) is 2.79. The first-order valence-corrected chi connectivity index (χ1v) is 10.9. The first kappa shape index (κ1) is 25.3. The van der Waals surface area contributed by atoms with Crippen molar-refractivity contribution in [3.63, 3.8) is 0 Å². The highest BCUT2D eigenvalue weighted by Gasteiger charge is 2.27. The number of rotatable bonds is 13. The second-order valence-electron chi connectivity index (χ2n) is 7.91. The Hall–Kier alpha value is -2.93. The Balaban J connectivity index is 2.00. The fourth-order valence-electron chi connectivity index (χ4n) is 3.32. The molecule has 0 unspecified atom stereocenters. The van der Waals surface area contributed by atoms with Gasteiger partial charge in [-0.3, -0.25) is 9.59 Å². The molecule has 0 saturated carbocycles.